The summed E-state index contributed by atoms with van der Waals surface area (Å²) >= 11 is 0. The van der Waals surface area contributed by atoms with Gasteiger partial charge in [-0.2, -0.15) is 0 Å². The van der Waals surface area contributed by atoms with Crippen LogP contribution >= 0.6 is 0 Å². The number of halogens is 1. The second kappa shape index (κ2) is 5.38. The third kappa shape index (κ3) is 1.81. The van der Waals surface area contributed by atoms with Crippen molar-refractivity contribution in [3.8, 4) is 0 Å². The number of hydrogen-bond acceptors (Lipinski definition) is 3. The van der Waals surface area contributed by atoms with Crippen molar-refractivity contribution < 1.29 is 23.7 Å². The number of carbonyl (C=O) groups excluding carboxylic acids is 3. The summed E-state index contributed by atoms with van der Waals surface area (Å²) < 4.78 is 14.1. The predicted molar refractivity (Wildman–Crippen MR) is 94.1 cm³/mol. The van der Waals surface area contributed by atoms with Gasteiger partial charge in [0, 0.05) is 24.4 Å². The first-order chi connectivity index (χ1) is 12.9. The van der Waals surface area contributed by atoms with Gasteiger partial charge in [0.05, 0.1) is 12.2 Å². The maximum atomic E-state index is 14.1. The minimum atomic E-state index is -1.20. The van der Waals surface area contributed by atoms with Crippen LogP contribution in [0.4, 0.5) is 10.1 Å². The molecule has 1 aromatic rings. The van der Waals surface area contributed by atoms with Crippen molar-refractivity contribution in [3.63, 3.8) is 0 Å². The molecule has 4 aliphatic heterocycles. The first-order valence-electron chi connectivity index (χ1n) is 9.77. The molecule has 0 aliphatic carbocycles. The molecule has 6 atom stereocenters. The number of anilines is 1. The molecule has 5 rings (SSSR count). The molecule has 2 N–H and O–H groups in total. The third-order valence-electron chi connectivity index (χ3n) is 7.24. The molecule has 3 saturated heterocycles. The van der Waals surface area contributed by atoms with E-state index in [4.69, 9.17) is 0 Å². The monoisotopic (exact) mass is 372 g/mol. The summed E-state index contributed by atoms with van der Waals surface area (Å²) in [6.07, 6.45) is 2.37. The molecule has 7 heteroatoms. The van der Waals surface area contributed by atoms with Crippen LogP contribution in [0.1, 0.15) is 38.7 Å². The lowest BCUT2D eigenvalue weighted by Crippen LogP contribution is -3.19. The highest BCUT2D eigenvalue weighted by atomic mass is 19.1. The molecule has 1 spiro atoms. The quantitative estimate of drug-likeness (QED) is 0.740. The van der Waals surface area contributed by atoms with Crippen LogP contribution < -0.4 is 10.2 Å². The van der Waals surface area contributed by atoms with E-state index in [1.807, 2.05) is 13.8 Å². The van der Waals surface area contributed by atoms with Gasteiger partial charge in [-0.1, -0.05) is 6.92 Å². The van der Waals surface area contributed by atoms with Gasteiger partial charge in [-0.05, 0) is 31.5 Å². The lowest BCUT2D eigenvalue weighted by molar-refractivity contribution is -0.948. The van der Waals surface area contributed by atoms with E-state index in [2.05, 4.69) is 5.32 Å². The Bertz CT molecular complexity index is 887. The highest BCUT2D eigenvalue weighted by molar-refractivity contribution is 6.14. The second-order valence-corrected chi connectivity index (χ2v) is 8.28. The highest BCUT2D eigenvalue weighted by Gasteiger charge is 2.78. The van der Waals surface area contributed by atoms with E-state index in [-0.39, 0.29) is 29.8 Å². The largest absolute Gasteiger partial charge is 0.320 e. The lowest BCUT2D eigenvalue weighted by Gasteiger charge is -2.34. The summed E-state index contributed by atoms with van der Waals surface area (Å²) in [7, 11) is 0. The first-order valence-corrected chi connectivity index (χ1v) is 9.77. The van der Waals surface area contributed by atoms with Gasteiger partial charge in [-0.25, -0.2) is 4.39 Å². The summed E-state index contributed by atoms with van der Waals surface area (Å²) in [5.74, 6) is -2.37. The zero-order chi connectivity index (χ0) is 19.1. The fourth-order valence-corrected chi connectivity index (χ4v) is 6.07. The molecule has 0 aromatic heterocycles. The Kier molecular flexibility index (Phi) is 3.36. The number of nitrogens with zero attached hydrogens (tertiary/aromatic N) is 1. The summed E-state index contributed by atoms with van der Waals surface area (Å²) in [5, 5.41) is 2.87. The van der Waals surface area contributed by atoms with Crippen molar-refractivity contribution in [2.24, 2.45) is 11.8 Å². The number of carbonyl (C=O) groups is 3. The summed E-state index contributed by atoms with van der Waals surface area (Å²) in [6.45, 7) is 4.52. The Hall–Kier alpha value is -2.28. The van der Waals surface area contributed by atoms with Crippen LogP contribution in [0.3, 0.4) is 0 Å². The molecule has 27 heavy (non-hydrogen) atoms. The van der Waals surface area contributed by atoms with Crippen LogP contribution in [-0.2, 0) is 19.9 Å². The number of nitrogens with one attached hydrogen (secondary N) is 2. The van der Waals surface area contributed by atoms with Crippen LogP contribution in [0.5, 0.6) is 0 Å². The van der Waals surface area contributed by atoms with Gasteiger partial charge >= 0.3 is 0 Å². The third-order valence-corrected chi connectivity index (χ3v) is 7.24. The number of fused-ring (bicyclic) bond motifs is 7. The Balaban J connectivity index is 1.74. The number of amides is 3. The number of hydrogen-bond donors (Lipinski definition) is 2. The van der Waals surface area contributed by atoms with Crippen molar-refractivity contribution in [1.82, 2.24) is 4.90 Å². The smallest absolute Gasteiger partial charge is 0.291 e. The Labute approximate surface area is 156 Å². The zero-order valence-electron chi connectivity index (χ0n) is 15.4. The molecule has 1 unspecified atom stereocenters. The molecule has 3 amide bonds. The fourth-order valence-electron chi connectivity index (χ4n) is 6.07. The molecular weight excluding hydrogens is 349 g/mol. The van der Waals surface area contributed by atoms with Gasteiger partial charge < -0.3 is 10.2 Å². The maximum Gasteiger partial charge on any atom is 0.291 e. The first kappa shape index (κ1) is 16.9. The predicted octanol–water partition coefficient (Wildman–Crippen LogP) is 0.434. The van der Waals surface area contributed by atoms with Crippen LogP contribution in [-0.4, -0.2) is 41.2 Å². The van der Waals surface area contributed by atoms with Crippen LogP contribution in [0.25, 0.3) is 0 Å². The van der Waals surface area contributed by atoms with Gasteiger partial charge in [0.1, 0.15) is 23.7 Å². The van der Waals surface area contributed by atoms with E-state index in [9.17, 15) is 18.8 Å². The van der Waals surface area contributed by atoms with E-state index < -0.39 is 23.2 Å². The van der Waals surface area contributed by atoms with E-state index >= 15 is 0 Å². The normalized spacial score (nSPS) is 37.6. The second-order valence-electron chi connectivity index (χ2n) is 8.28. The van der Waals surface area contributed by atoms with Gasteiger partial charge in [0.15, 0.2) is 0 Å². The van der Waals surface area contributed by atoms with Crippen LogP contribution in [0.2, 0.25) is 0 Å². The van der Waals surface area contributed by atoms with Gasteiger partial charge in [-0.3, -0.25) is 19.3 Å². The van der Waals surface area contributed by atoms with Crippen molar-refractivity contribution in [2.75, 3.05) is 11.9 Å². The molecule has 0 radical (unpaired) electrons. The average Bonchev–Trinajstić information content (AvgIpc) is 3.33. The molecule has 4 heterocycles. The Morgan fingerprint density at radius 3 is 2.85 bits per heavy atom. The van der Waals surface area contributed by atoms with E-state index in [0.717, 1.165) is 17.7 Å². The summed E-state index contributed by atoms with van der Waals surface area (Å²) in [5.41, 5.74) is -0.102. The van der Waals surface area contributed by atoms with Gasteiger partial charge in [0.25, 0.3) is 5.91 Å². The maximum absolute atomic E-state index is 14.1. The van der Waals surface area contributed by atoms with E-state index in [0.29, 0.717) is 24.2 Å². The SMILES string of the molecule is CC[C@H](C)N1C(=O)[C@H]2[C@@H](C1=O)[C@]1(C(=O)Nc3ccc(F)cc31)[NH+]1CCC[C@@H]21. The number of quaternary nitrogens is 1. The number of benzene rings is 1. The van der Waals surface area contributed by atoms with Crippen molar-refractivity contribution in [3.05, 3.63) is 29.6 Å². The van der Waals surface area contributed by atoms with Crippen molar-refractivity contribution in [1.29, 1.82) is 0 Å². The minimum absolute atomic E-state index is 0.0690. The van der Waals surface area contributed by atoms with Crippen molar-refractivity contribution in [2.45, 2.75) is 50.7 Å². The Morgan fingerprint density at radius 1 is 1.33 bits per heavy atom. The molecular formula is C20H23FN3O3+. The number of likely N-dealkylation sites (tertiary alicyclic amines) is 1. The Morgan fingerprint density at radius 2 is 2.11 bits per heavy atom. The highest BCUT2D eigenvalue weighted by Crippen LogP contribution is 2.52. The van der Waals surface area contributed by atoms with Crippen molar-refractivity contribution >= 4 is 23.4 Å². The van der Waals surface area contributed by atoms with Crippen LogP contribution in [0, 0.1) is 17.7 Å². The van der Waals surface area contributed by atoms with Crippen LogP contribution in [0.15, 0.2) is 18.2 Å². The average molecular weight is 372 g/mol. The fraction of sp³-hybridized carbons (Fsp3) is 0.550. The van der Waals surface area contributed by atoms with E-state index in [1.165, 1.54) is 17.0 Å². The molecule has 142 valence electrons. The molecule has 6 nitrogen and oxygen atoms in total. The standard InChI is InChI=1S/C20H22FN3O3/c1-3-10(2)24-17(25)15-14-5-4-8-23(14)20(16(15)18(24)26)12-9-11(21)6-7-13(12)22-19(20)27/h6-7,9-10,14-16H,3-5,8H2,1-2H3,(H,22,27)/p+1/t10-,14-,15+,16-,20+/m0/s1. The molecule has 0 bridgehead atoms. The molecule has 4 aliphatic rings. The zero-order valence-corrected chi connectivity index (χ0v) is 15.4. The minimum Gasteiger partial charge on any atom is -0.320 e. The number of imide groups is 1. The molecule has 0 saturated carbocycles. The summed E-state index contributed by atoms with van der Waals surface area (Å²) in [4.78, 5) is 42.3. The molecule has 1 aromatic carbocycles. The molecule has 3 fully saturated rings. The van der Waals surface area contributed by atoms with E-state index in [1.54, 1.807) is 6.07 Å². The summed E-state index contributed by atoms with van der Waals surface area (Å²) in [6, 6.07) is 3.98. The number of rotatable bonds is 2. The van der Waals surface area contributed by atoms with Gasteiger partial charge in [-0.15, -0.1) is 0 Å². The lowest BCUT2D eigenvalue weighted by atomic mass is 9.75. The topological polar surface area (TPSA) is 70.9 Å². The van der Waals surface area contributed by atoms with Gasteiger partial charge in [0.2, 0.25) is 17.4 Å².